The number of piperidine rings is 1. The van der Waals surface area contributed by atoms with Gasteiger partial charge in [-0.2, -0.15) is 0 Å². The summed E-state index contributed by atoms with van der Waals surface area (Å²) in [6.07, 6.45) is 2.79. The number of benzene rings is 4. The van der Waals surface area contributed by atoms with Gasteiger partial charge in [-0.05, 0) is 91.9 Å². The zero-order chi connectivity index (χ0) is 38.0. The topological polar surface area (TPSA) is 74.8 Å². The van der Waals surface area contributed by atoms with E-state index < -0.39 is 5.54 Å². The van der Waals surface area contributed by atoms with Crippen LogP contribution in [0.4, 0.5) is 10.1 Å². The van der Waals surface area contributed by atoms with Gasteiger partial charge in [0.05, 0.1) is 38.0 Å². The SMILES string of the molecule is COc1cc(C(=O)N2CCC(CCN3CCC4(CC3)C(=O)N(Cc3ccccc3)CN4c3ccc(F)cc3)(c3ccc(Cl)c(Cl)c3)C2)cc(OC)c1OC. The summed E-state index contributed by atoms with van der Waals surface area (Å²) in [5, 5.41) is 0.956. The largest absolute Gasteiger partial charge is 0.493 e. The third-order valence-corrected chi connectivity index (χ3v) is 12.3. The van der Waals surface area contributed by atoms with Crippen molar-refractivity contribution in [1.29, 1.82) is 0 Å². The lowest BCUT2D eigenvalue weighted by Gasteiger charge is -2.44. The Labute approximate surface area is 326 Å². The number of likely N-dealkylation sites (tertiary alicyclic amines) is 2. The maximum Gasteiger partial charge on any atom is 0.254 e. The molecule has 3 fully saturated rings. The fourth-order valence-corrected chi connectivity index (χ4v) is 8.80. The van der Waals surface area contributed by atoms with Crippen molar-refractivity contribution in [2.75, 3.05) is 65.6 Å². The van der Waals surface area contributed by atoms with Gasteiger partial charge in [0.15, 0.2) is 11.5 Å². The zero-order valence-electron chi connectivity index (χ0n) is 30.8. The molecule has 9 nitrogen and oxygen atoms in total. The molecule has 1 unspecified atom stereocenters. The number of hydrogen-bond donors (Lipinski definition) is 0. The van der Waals surface area contributed by atoms with E-state index in [1.165, 1.54) is 33.5 Å². The van der Waals surface area contributed by atoms with Gasteiger partial charge in [0.1, 0.15) is 11.4 Å². The Bertz CT molecular complexity index is 1970. The van der Waals surface area contributed by atoms with Gasteiger partial charge >= 0.3 is 0 Å². The number of methoxy groups -OCH3 is 3. The molecule has 2 amide bonds. The van der Waals surface area contributed by atoms with E-state index in [4.69, 9.17) is 37.4 Å². The quantitative estimate of drug-likeness (QED) is 0.155. The van der Waals surface area contributed by atoms with Gasteiger partial charge in [-0.25, -0.2) is 4.39 Å². The molecule has 284 valence electrons. The second-order valence-electron chi connectivity index (χ2n) is 14.5. The first kappa shape index (κ1) is 37.8. The van der Waals surface area contributed by atoms with Crippen molar-refractivity contribution in [2.45, 2.75) is 43.2 Å². The molecule has 0 aliphatic carbocycles. The summed E-state index contributed by atoms with van der Waals surface area (Å²) in [5.74, 6) is 0.937. The lowest BCUT2D eigenvalue weighted by atomic mass is 9.76. The highest BCUT2D eigenvalue weighted by Crippen LogP contribution is 2.44. The van der Waals surface area contributed by atoms with Crippen molar-refractivity contribution < 1.29 is 28.2 Å². The van der Waals surface area contributed by atoms with Gasteiger partial charge in [-0.15, -0.1) is 0 Å². The highest BCUT2D eigenvalue weighted by molar-refractivity contribution is 6.42. The summed E-state index contributed by atoms with van der Waals surface area (Å²) in [6.45, 7) is 4.19. The monoisotopic (exact) mass is 774 g/mol. The van der Waals surface area contributed by atoms with E-state index in [1.807, 2.05) is 58.3 Å². The van der Waals surface area contributed by atoms with Crippen molar-refractivity contribution in [3.63, 3.8) is 0 Å². The first-order chi connectivity index (χ1) is 26.1. The highest BCUT2D eigenvalue weighted by Gasteiger charge is 2.54. The van der Waals surface area contributed by atoms with Crippen LogP contribution in [0, 0.1) is 5.82 Å². The number of carbonyl (C=O) groups excluding carboxylic acids is 2. The Morgan fingerprint density at radius 2 is 1.50 bits per heavy atom. The van der Waals surface area contributed by atoms with Gasteiger partial charge in [0, 0.05) is 49.4 Å². The number of anilines is 1. The Morgan fingerprint density at radius 1 is 0.815 bits per heavy atom. The van der Waals surface area contributed by atoms with Crippen LogP contribution < -0.4 is 19.1 Å². The molecule has 54 heavy (non-hydrogen) atoms. The Morgan fingerprint density at radius 3 is 2.13 bits per heavy atom. The number of ether oxygens (including phenoxy) is 3. The Hall–Kier alpha value is -4.51. The van der Waals surface area contributed by atoms with E-state index in [1.54, 1.807) is 24.3 Å². The molecule has 3 aliphatic heterocycles. The predicted octanol–water partition coefficient (Wildman–Crippen LogP) is 7.67. The molecule has 3 aliphatic rings. The third-order valence-electron chi connectivity index (χ3n) is 11.5. The first-order valence-corrected chi connectivity index (χ1v) is 19.0. The second kappa shape index (κ2) is 15.7. The summed E-state index contributed by atoms with van der Waals surface area (Å²) < 4.78 is 30.5. The molecule has 0 saturated carbocycles. The number of rotatable bonds is 11. The molecule has 4 aromatic rings. The van der Waals surface area contributed by atoms with Gasteiger partial charge in [-0.3, -0.25) is 9.59 Å². The number of halogens is 3. The smallest absolute Gasteiger partial charge is 0.254 e. The Balaban J connectivity index is 1.10. The third kappa shape index (κ3) is 7.19. The maximum atomic E-state index is 14.3. The summed E-state index contributed by atoms with van der Waals surface area (Å²) in [4.78, 5) is 36.8. The average Bonchev–Trinajstić information content (AvgIpc) is 3.75. The maximum absolute atomic E-state index is 14.3. The molecular formula is C42H45Cl2FN4O5. The number of hydrogen-bond acceptors (Lipinski definition) is 7. The van der Waals surface area contributed by atoms with Crippen molar-refractivity contribution in [3.8, 4) is 17.2 Å². The molecular weight excluding hydrogens is 730 g/mol. The van der Waals surface area contributed by atoms with Crippen LogP contribution in [0.5, 0.6) is 17.2 Å². The summed E-state index contributed by atoms with van der Waals surface area (Å²) in [6, 6.07) is 25.6. The van der Waals surface area contributed by atoms with Crippen LogP contribution in [0.1, 0.15) is 47.2 Å². The normalized spacial score (nSPS) is 19.8. The Kier molecular flexibility index (Phi) is 11.0. The molecule has 3 heterocycles. The molecule has 4 aromatic carbocycles. The van der Waals surface area contributed by atoms with Crippen molar-refractivity contribution in [2.24, 2.45) is 0 Å². The molecule has 7 rings (SSSR count). The van der Waals surface area contributed by atoms with E-state index >= 15 is 0 Å². The average molecular weight is 776 g/mol. The van der Waals surface area contributed by atoms with Gasteiger partial charge in [0.25, 0.3) is 5.91 Å². The van der Waals surface area contributed by atoms with E-state index in [0.29, 0.717) is 85.1 Å². The number of amides is 2. The molecule has 1 spiro atoms. The zero-order valence-corrected chi connectivity index (χ0v) is 32.3. The van der Waals surface area contributed by atoms with Crippen LogP contribution in [-0.4, -0.2) is 92.8 Å². The molecule has 1 atom stereocenters. The van der Waals surface area contributed by atoms with Crippen LogP contribution in [0.25, 0.3) is 0 Å². The first-order valence-electron chi connectivity index (χ1n) is 18.2. The minimum Gasteiger partial charge on any atom is -0.493 e. The number of nitrogens with zero attached hydrogens (tertiary/aromatic N) is 4. The molecule has 0 aromatic heterocycles. The van der Waals surface area contributed by atoms with E-state index in [0.717, 1.165) is 36.2 Å². The van der Waals surface area contributed by atoms with E-state index in [-0.39, 0.29) is 23.0 Å². The van der Waals surface area contributed by atoms with Crippen molar-refractivity contribution >= 4 is 40.7 Å². The molecule has 0 N–H and O–H groups in total. The minimum absolute atomic E-state index is 0.111. The van der Waals surface area contributed by atoms with Crippen molar-refractivity contribution in [3.05, 3.63) is 117 Å². The van der Waals surface area contributed by atoms with Crippen LogP contribution >= 0.6 is 23.2 Å². The van der Waals surface area contributed by atoms with Crippen LogP contribution in [0.2, 0.25) is 10.0 Å². The molecule has 12 heteroatoms. The standard InChI is InChI=1S/C42H45Cl2FN4O5/c1-52-36-23-30(24-37(53-2)38(36)54-3)39(50)47-22-16-41(27-47,31-9-14-34(43)35(44)25-31)15-19-46-20-17-42(18-21-46)40(51)48(26-29-7-5-4-6-8-29)28-49(42)33-12-10-32(45)11-13-33/h4-14,23-25H,15-22,26-28H2,1-3H3. The van der Waals surface area contributed by atoms with Crippen LogP contribution in [-0.2, 0) is 16.8 Å². The lowest BCUT2D eigenvalue weighted by molar-refractivity contribution is -0.134. The summed E-state index contributed by atoms with van der Waals surface area (Å²) in [7, 11) is 4.59. The van der Waals surface area contributed by atoms with Crippen LogP contribution in [0.15, 0.2) is 84.9 Å². The van der Waals surface area contributed by atoms with Crippen molar-refractivity contribution in [1.82, 2.24) is 14.7 Å². The van der Waals surface area contributed by atoms with Crippen LogP contribution in [0.3, 0.4) is 0 Å². The second-order valence-corrected chi connectivity index (χ2v) is 15.3. The lowest BCUT2D eigenvalue weighted by Crippen LogP contribution is -2.56. The van der Waals surface area contributed by atoms with Gasteiger partial charge in [0.2, 0.25) is 11.7 Å². The molecule has 0 bridgehead atoms. The summed E-state index contributed by atoms with van der Waals surface area (Å²) >= 11 is 13.0. The predicted molar refractivity (Wildman–Crippen MR) is 209 cm³/mol. The highest BCUT2D eigenvalue weighted by atomic mass is 35.5. The van der Waals surface area contributed by atoms with E-state index in [9.17, 15) is 14.0 Å². The van der Waals surface area contributed by atoms with Gasteiger partial charge in [-0.1, -0.05) is 59.6 Å². The number of carbonyl (C=O) groups is 2. The minimum atomic E-state index is -0.721. The van der Waals surface area contributed by atoms with Gasteiger partial charge < -0.3 is 33.8 Å². The molecule has 3 saturated heterocycles. The summed E-state index contributed by atoms with van der Waals surface area (Å²) in [5.41, 5.74) is 2.30. The molecule has 0 radical (unpaired) electrons. The fourth-order valence-electron chi connectivity index (χ4n) is 8.50. The van der Waals surface area contributed by atoms with E-state index in [2.05, 4.69) is 9.80 Å². The fraction of sp³-hybridized carbons (Fsp3) is 0.381.